The second-order valence-corrected chi connectivity index (χ2v) is 7.50. The lowest BCUT2D eigenvalue weighted by atomic mass is 9.94. The fourth-order valence-corrected chi connectivity index (χ4v) is 3.39. The first kappa shape index (κ1) is 18.6. The molecule has 0 unspecified atom stereocenters. The third kappa shape index (κ3) is 5.39. The summed E-state index contributed by atoms with van der Waals surface area (Å²) in [6, 6.07) is 10.2. The van der Waals surface area contributed by atoms with Crippen LogP contribution in [-0.4, -0.2) is 33.5 Å². The van der Waals surface area contributed by atoms with Crippen molar-refractivity contribution >= 4 is 5.91 Å². The number of fused-ring (bicyclic) bond motifs is 2. The van der Waals surface area contributed by atoms with Crippen LogP contribution >= 0.6 is 0 Å². The van der Waals surface area contributed by atoms with E-state index in [0.717, 1.165) is 25.0 Å². The zero-order chi connectivity index (χ0) is 18.4. The van der Waals surface area contributed by atoms with E-state index >= 15 is 0 Å². The Morgan fingerprint density at radius 2 is 2.12 bits per heavy atom. The Morgan fingerprint density at radius 1 is 1.31 bits per heavy atom. The summed E-state index contributed by atoms with van der Waals surface area (Å²) in [7, 11) is 0. The van der Waals surface area contributed by atoms with E-state index in [1.54, 1.807) is 4.68 Å². The second-order valence-electron chi connectivity index (χ2n) is 7.50. The first-order valence-electron chi connectivity index (χ1n) is 9.41. The predicted molar refractivity (Wildman–Crippen MR) is 99.3 cm³/mol. The van der Waals surface area contributed by atoms with Crippen LogP contribution in [0.15, 0.2) is 36.5 Å². The van der Waals surface area contributed by atoms with Crippen molar-refractivity contribution in [2.45, 2.75) is 52.3 Å². The Kier molecular flexibility index (Phi) is 6.39. The Morgan fingerprint density at radius 3 is 2.88 bits per heavy atom. The van der Waals surface area contributed by atoms with Gasteiger partial charge in [0.15, 0.2) is 0 Å². The minimum absolute atomic E-state index is 0.0234. The van der Waals surface area contributed by atoms with Gasteiger partial charge in [-0.05, 0) is 30.7 Å². The lowest BCUT2D eigenvalue weighted by Gasteiger charge is -2.24. The van der Waals surface area contributed by atoms with Gasteiger partial charge < -0.3 is 10.1 Å². The summed E-state index contributed by atoms with van der Waals surface area (Å²) in [5.41, 5.74) is 2.01. The van der Waals surface area contributed by atoms with Crippen molar-refractivity contribution in [3.63, 3.8) is 0 Å². The summed E-state index contributed by atoms with van der Waals surface area (Å²) in [6.07, 6.45) is 4.27. The maximum absolute atomic E-state index is 13.0. The molecule has 0 aliphatic carbocycles. The van der Waals surface area contributed by atoms with Crippen LogP contribution in [0.25, 0.3) is 0 Å². The Labute approximate surface area is 154 Å². The number of rotatable bonds is 4. The van der Waals surface area contributed by atoms with E-state index in [2.05, 4.69) is 41.6 Å². The van der Waals surface area contributed by atoms with Gasteiger partial charge in [0.2, 0.25) is 5.91 Å². The van der Waals surface area contributed by atoms with Gasteiger partial charge in [-0.25, -0.2) is 0 Å². The van der Waals surface area contributed by atoms with Crippen molar-refractivity contribution in [1.82, 2.24) is 20.3 Å². The number of hydrogen-bond donors (Lipinski definition) is 1. The first-order valence-corrected chi connectivity index (χ1v) is 9.41. The molecule has 2 bridgehead atoms. The smallest absolute Gasteiger partial charge is 0.223 e. The van der Waals surface area contributed by atoms with Crippen LogP contribution in [-0.2, 0) is 29.1 Å². The first-order chi connectivity index (χ1) is 12.6. The van der Waals surface area contributed by atoms with Gasteiger partial charge >= 0.3 is 0 Å². The fraction of sp³-hybridized carbons (Fsp3) is 0.550. The highest BCUT2D eigenvalue weighted by Crippen LogP contribution is 2.16. The molecule has 1 aliphatic heterocycles. The van der Waals surface area contributed by atoms with Crippen molar-refractivity contribution < 1.29 is 9.53 Å². The molecular formula is C20H28N4O2. The lowest BCUT2D eigenvalue weighted by molar-refractivity contribution is -0.126. The van der Waals surface area contributed by atoms with E-state index < -0.39 is 0 Å². The molecule has 0 spiro atoms. The number of amides is 1. The minimum Gasteiger partial charge on any atom is -0.373 e. The average Bonchev–Trinajstić information content (AvgIpc) is 3.06. The summed E-state index contributed by atoms with van der Waals surface area (Å²) in [4.78, 5) is 13.0. The normalized spacial score (nSPS) is 21.7. The molecule has 140 valence electrons. The number of carbonyl (C=O) groups is 1. The van der Waals surface area contributed by atoms with Gasteiger partial charge in [-0.15, -0.1) is 5.10 Å². The van der Waals surface area contributed by atoms with Gasteiger partial charge in [-0.3, -0.25) is 9.48 Å². The van der Waals surface area contributed by atoms with Crippen LogP contribution in [0.2, 0.25) is 0 Å². The largest absolute Gasteiger partial charge is 0.373 e. The number of nitrogens with zero attached hydrogens (tertiary/aromatic N) is 3. The summed E-state index contributed by atoms with van der Waals surface area (Å²) in [5.74, 6) is 0.494. The number of nitrogens with one attached hydrogen (secondary N) is 1. The molecule has 0 saturated heterocycles. The Balaban J connectivity index is 1.77. The molecule has 0 fully saturated rings. The van der Waals surface area contributed by atoms with Crippen LogP contribution < -0.4 is 5.32 Å². The third-order valence-electron chi connectivity index (χ3n) is 4.66. The van der Waals surface area contributed by atoms with Crippen LogP contribution in [0.1, 0.15) is 37.9 Å². The van der Waals surface area contributed by atoms with Crippen LogP contribution in [0.5, 0.6) is 0 Å². The maximum Gasteiger partial charge on any atom is 0.223 e. The highest BCUT2D eigenvalue weighted by molar-refractivity contribution is 5.79. The average molecular weight is 356 g/mol. The molecule has 1 aliphatic rings. The third-order valence-corrected chi connectivity index (χ3v) is 4.66. The number of benzene rings is 1. The summed E-state index contributed by atoms with van der Waals surface area (Å²) < 4.78 is 7.59. The van der Waals surface area contributed by atoms with Gasteiger partial charge in [0.25, 0.3) is 0 Å². The molecule has 6 nitrogen and oxygen atoms in total. The molecule has 0 radical (unpaired) electrons. The van der Waals surface area contributed by atoms with Crippen LogP contribution in [0.4, 0.5) is 0 Å². The van der Waals surface area contributed by atoms with E-state index in [1.807, 2.05) is 24.4 Å². The highest BCUT2D eigenvalue weighted by Gasteiger charge is 2.23. The molecule has 2 atom stereocenters. The molecule has 26 heavy (non-hydrogen) atoms. The van der Waals surface area contributed by atoms with E-state index in [1.165, 1.54) is 5.56 Å². The van der Waals surface area contributed by atoms with Gasteiger partial charge in [-0.1, -0.05) is 49.4 Å². The van der Waals surface area contributed by atoms with Gasteiger partial charge in [-0.2, -0.15) is 0 Å². The summed E-state index contributed by atoms with van der Waals surface area (Å²) in [5, 5.41) is 11.5. The van der Waals surface area contributed by atoms with Crippen LogP contribution in [0.3, 0.4) is 0 Å². The summed E-state index contributed by atoms with van der Waals surface area (Å²) in [6.45, 7) is 5.92. The lowest BCUT2D eigenvalue weighted by Crippen LogP contribution is -2.43. The molecule has 1 amide bonds. The number of aryl methyl sites for hydroxylation is 1. The van der Waals surface area contributed by atoms with Gasteiger partial charge in [0.05, 0.1) is 25.5 Å². The number of hydrogen-bond acceptors (Lipinski definition) is 4. The van der Waals surface area contributed by atoms with Crippen molar-refractivity contribution in [2.24, 2.45) is 11.8 Å². The molecule has 2 heterocycles. The van der Waals surface area contributed by atoms with E-state index in [-0.39, 0.29) is 17.9 Å². The standard InChI is InChI=1S/C20H28N4O2/c1-15(2)10-18-13-26-14-19-12-24(23-22-19)9-8-17(20(25)21-18)11-16-6-4-3-5-7-16/h3-7,12,15,17-18H,8-11,13-14H2,1-2H3,(H,21,25)/t17-,18+/m0/s1. The Hall–Kier alpha value is -2.21. The van der Waals surface area contributed by atoms with E-state index in [0.29, 0.717) is 25.7 Å². The number of aromatic nitrogens is 3. The fourth-order valence-electron chi connectivity index (χ4n) is 3.39. The van der Waals surface area contributed by atoms with E-state index in [4.69, 9.17) is 4.74 Å². The van der Waals surface area contributed by atoms with Crippen molar-refractivity contribution in [2.75, 3.05) is 6.61 Å². The highest BCUT2D eigenvalue weighted by atomic mass is 16.5. The van der Waals surface area contributed by atoms with Crippen molar-refractivity contribution in [3.8, 4) is 0 Å². The van der Waals surface area contributed by atoms with E-state index in [9.17, 15) is 4.79 Å². The molecular weight excluding hydrogens is 328 g/mol. The quantitative estimate of drug-likeness (QED) is 0.914. The molecule has 3 rings (SSSR count). The molecule has 0 saturated carbocycles. The number of ether oxygens (including phenoxy) is 1. The topological polar surface area (TPSA) is 69.0 Å². The van der Waals surface area contributed by atoms with Gasteiger partial charge in [0, 0.05) is 12.5 Å². The van der Waals surface area contributed by atoms with Crippen LogP contribution in [0, 0.1) is 11.8 Å². The summed E-state index contributed by atoms with van der Waals surface area (Å²) >= 11 is 0. The minimum atomic E-state index is -0.0980. The van der Waals surface area contributed by atoms with Gasteiger partial charge in [0.1, 0.15) is 5.69 Å². The second kappa shape index (κ2) is 8.94. The maximum atomic E-state index is 13.0. The molecule has 6 heteroatoms. The molecule has 1 N–H and O–H groups in total. The molecule has 2 aromatic rings. The molecule has 1 aromatic heterocycles. The zero-order valence-electron chi connectivity index (χ0n) is 15.6. The SMILES string of the molecule is CC(C)C[C@@H]1COCc2cn(nn2)CC[C@@H](Cc2ccccc2)C(=O)N1. The predicted octanol–water partition coefficient (Wildman–Crippen LogP) is 2.59. The number of carbonyl (C=O) groups excluding carboxylic acids is 1. The van der Waals surface area contributed by atoms with Crippen molar-refractivity contribution in [3.05, 3.63) is 47.8 Å². The monoisotopic (exact) mass is 356 g/mol. The van der Waals surface area contributed by atoms with Crippen molar-refractivity contribution in [1.29, 1.82) is 0 Å². The Bertz CT molecular complexity index is 699. The molecule has 1 aromatic carbocycles. The zero-order valence-corrected chi connectivity index (χ0v) is 15.6.